The number of hydrogen-bond acceptors (Lipinski definition) is 8. The van der Waals surface area contributed by atoms with Crippen LogP contribution in [0.5, 0.6) is 0 Å². The minimum absolute atomic E-state index is 0.0384. The van der Waals surface area contributed by atoms with E-state index in [1.54, 1.807) is 29.1 Å². The van der Waals surface area contributed by atoms with E-state index in [4.69, 9.17) is 0 Å². The molecule has 7 nitrogen and oxygen atoms in total. The first-order chi connectivity index (χ1) is 12.1. The van der Waals surface area contributed by atoms with Gasteiger partial charge in [-0.15, -0.1) is 34.0 Å². The van der Waals surface area contributed by atoms with Gasteiger partial charge in [0.25, 0.3) is 11.6 Å². The van der Waals surface area contributed by atoms with Crippen molar-refractivity contribution in [2.45, 2.75) is 0 Å². The molecule has 3 heterocycles. The highest BCUT2D eigenvalue weighted by molar-refractivity contribution is 7.17. The first-order valence-corrected chi connectivity index (χ1v) is 9.57. The molecular weight excluding hydrogens is 380 g/mol. The summed E-state index contributed by atoms with van der Waals surface area (Å²) in [6.45, 7) is 0. The number of aromatic nitrogens is 2. The molecule has 1 aromatic carbocycles. The minimum atomic E-state index is -0.440. The fourth-order valence-corrected chi connectivity index (χ4v) is 4.48. The summed E-state index contributed by atoms with van der Waals surface area (Å²) in [5.74, 6) is -0.256. The Hall–Kier alpha value is -2.69. The molecule has 0 unspecified atom stereocenters. The summed E-state index contributed by atoms with van der Waals surface area (Å²) in [5.41, 5.74) is 3.77. The van der Waals surface area contributed by atoms with Crippen molar-refractivity contribution in [1.29, 1.82) is 0 Å². The molecule has 0 spiro atoms. The van der Waals surface area contributed by atoms with E-state index in [0.29, 0.717) is 21.3 Å². The van der Waals surface area contributed by atoms with E-state index in [1.807, 2.05) is 0 Å². The molecule has 0 atom stereocenters. The number of carbonyl (C=O) groups is 1. The van der Waals surface area contributed by atoms with Crippen molar-refractivity contribution in [3.63, 3.8) is 0 Å². The van der Waals surface area contributed by atoms with Crippen molar-refractivity contribution in [3.8, 4) is 10.6 Å². The van der Waals surface area contributed by atoms with E-state index in [1.165, 1.54) is 45.5 Å². The van der Waals surface area contributed by atoms with Gasteiger partial charge in [-0.25, -0.2) is 9.97 Å². The summed E-state index contributed by atoms with van der Waals surface area (Å²) in [5, 5.41) is 17.2. The lowest BCUT2D eigenvalue weighted by Gasteiger charge is -2.01. The van der Waals surface area contributed by atoms with Gasteiger partial charge in [0, 0.05) is 17.0 Å². The second-order valence-corrected chi connectivity index (χ2v) is 7.61. The molecule has 124 valence electrons. The van der Waals surface area contributed by atoms with Crippen molar-refractivity contribution in [1.82, 2.24) is 9.97 Å². The van der Waals surface area contributed by atoms with Crippen LogP contribution >= 0.6 is 34.0 Å². The van der Waals surface area contributed by atoms with Crippen LogP contribution in [-0.2, 0) is 0 Å². The lowest BCUT2D eigenvalue weighted by Crippen LogP contribution is -2.11. The number of carbonyl (C=O) groups excluding carboxylic acids is 1. The monoisotopic (exact) mass is 388 g/mol. The lowest BCUT2D eigenvalue weighted by molar-refractivity contribution is -0.384. The first-order valence-electron chi connectivity index (χ1n) is 6.93. The highest BCUT2D eigenvalue weighted by atomic mass is 32.1. The van der Waals surface area contributed by atoms with Crippen LogP contribution in [-0.4, -0.2) is 20.8 Å². The van der Waals surface area contributed by atoms with Gasteiger partial charge in [0.05, 0.1) is 36.6 Å². The van der Waals surface area contributed by atoms with Gasteiger partial charge < -0.3 is 0 Å². The summed E-state index contributed by atoms with van der Waals surface area (Å²) in [6, 6.07) is 6.79. The average Bonchev–Trinajstić information content (AvgIpc) is 3.33. The van der Waals surface area contributed by atoms with Gasteiger partial charge in [0.1, 0.15) is 0 Å². The molecule has 25 heavy (non-hydrogen) atoms. The van der Waals surface area contributed by atoms with Crippen molar-refractivity contribution in [3.05, 3.63) is 56.2 Å². The minimum Gasteiger partial charge on any atom is -0.298 e. The van der Waals surface area contributed by atoms with Gasteiger partial charge in [0.2, 0.25) is 0 Å². The summed E-state index contributed by atoms with van der Waals surface area (Å²) in [6.07, 6.45) is 0. The summed E-state index contributed by atoms with van der Waals surface area (Å²) < 4.78 is 0.943. The number of nitrogens with zero attached hydrogens (tertiary/aromatic N) is 3. The number of thiazole rings is 2. The maximum absolute atomic E-state index is 12.4. The zero-order valence-corrected chi connectivity index (χ0v) is 14.8. The van der Waals surface area contributed by atoms with Gasteiger partial charge in [-0.05, 0) is 18.2 Å². The molecule has 1 amide bonds. The van der Waals surface area contributed by atoms with Crippen LogP contribution in [0.1, 0.15) is 10.4 Å². The van der Waals surface area contributed by atoms with Crippen LogP contribution in [0.2, 0.25) is 0 Å². The number of thiophene rings is 1. The van der Waals surface area contributed by atoms with Crippen LogP contribution in [0.3, 0.4) is 0 Å². The van der Waals surface area contributed by atoms with Gasteiger partial charge in [-0.3, -0.25) is 20.2 Å². The van der Waals surface area contributed by atoms with Crippen molar-refractivity contribution in [2.75, 3.05) is 5.32 Å². The van der Waals surface area contributed by atoms with Gasteiger partial charge in [-0.2, -0.15) is 0 Å². The second kappa shape index (κ2) is 6.31. The number of fused-ring (bicyclic) bond motifs is 1. The number of hydrogen-bond donors (Lipinski definition) is 1. The van der Waals surface area contributed by atoms with Crippen molar-refractivity contribution in [2.24, 2.45) is 0 Å². The molecule has 0 aliphatic carbocycles. The Balaban J connectivity index is 1.53. The van der Waals surface area contributed by atoms with Crippen molar-refractivity contribution >= 4 is 61.0 Å². The number of rotatable bonds is 4. The topological polar surface area (TPSA) is 98.0 Å². The predicted molar refractivity (Wildman–Crippen MR) is 99.7 cm³/mol. The van der Waals surface area contributed by atoms with Gasteiger partial charge in [-0.1, -0.05) is 0 Å². The molecule has 3 aromatic heterocycles. The molecule has 10 heteroatoms. The highest BCUT2D eigenvalue weighted by Gasteiger charge is 2.15. The molecule has 0 bridgehead atoms. The number of nitro groups is 1. The Kier molecular flexibility index (Phi) is 3.99. The quantitative estimate of drug-likeness (QED) is 0.405. The van der Waals surface area contributed by atoms with Gasteiger partial charge >= 0.3 is 0 Å². The van der Waals surface area contributed by atoms with E-state index in [2.05, 4.69) is 15.3 Å². The number of amides is 1. The van der Waals surface area contributed by atoms with E-state index in [9.17, 15) is 14.9 Å². The molecule has 0 aliphatic rings. The van der Waals surface area contributed by atoms with Crippen LogP contribution in [0.15, 0.2) is 40.5 Å². The van der Waals surface area contributed by atoms with Crippen LogP contribution < -0.4 is 5.32 Å². The van der Waals surface area contributed by atoms with E-state index < -0.39 is 4.92 Å². The zero-order chi connectivity index (χ0) is 17.4. The molecule has 0 saturated carbocycles. The standard InChI is InChI=1S/C15H8N4O3S3/c20-14(8-1-2-10-12(3-8)25-7-16-10)18-15-17-11(6-24-15)13-4-9(5-23-13)19(21)22/h1-7H,(H,17,18,20). The predicted octanol–water partition coefficient (Wildman–Crippen LogP) is 4.64. The Morgan fingerprint density at radius 1 is 1.16 bits per heavy atom. The fourth-order valence-electron chi connectivity index (χ4n) is 2.17. The maximum atomic E-state index is 12.4. The third-order valence-electron chi connectivity index (χ3n) is 3.37. The fraction of sp³-hybridized carbons (Fsp3) is 0. The lowest BCUT2D eigenvalue weighted by atomic mass is 10.2. The third-order valence-corrected chi connectivity index (χ3v) is 5.86. The highest BCUT2D eigenvalue weighted by Crippen LogP contribution is 2.33. The Morgan fingerprint density at radius 2 is 2.04 bits per heavy atom. The molecular formula is C15H8N4O3S3. The summed E-state index contributed by atoms with van der Waals surface area (Å²) in [7, 11) is 0. The normalized spacial score (nSPS) is 10.9. The first kappa shape index (κ1) is 15.8. The van der Waals surface area contributed by atoms with E-state index in [0.717, 1.165) is 10.2 Å². The second-order valence-electron chi connectivity index (χ2n) is 4.95. The largest absolute Gasteiger partial charge is 0.298 e. The molecule has 4 aromatic rings. The summed E-state index contributed by atoms with van der Waals surface area (Å²) in [4.78, 5) is 31.9. The van der Waals surface area contributed by atoms with E-state index in [-0.39, 0.29) is 11.6 Å². The zero-order valence-electron chi connectivity index (χ0n) is 12.3. The van der Waals surface area contributed by atoms with Crippen molar-refractivity contribution < 1.29 is 9.72 Å². The Morgan fingerprint density at radius 3 is 2.84 bits per heavy atom. The molecule has 0 fully saturated rings. The smallest absolute Gasteiger partial charge is 0.280 e. The summed E-state index contributed by atoms with van der Waals surface area (Å²) >= 11 is 3.99. The SMILES string of the molecule is O=C(Nc1nc(-c2cc([N+](=O)[O-])cs2)cs1)c1ccc2ncsc2c1. The van der Waals surface area contributed by atoms with E-state index >= 15 is 0 Å². The molecule has 0 saturated heterocycles. The molecule has 0 radical (unpaired) electrons. The Bertz CT molecular complexity index is 1100. The molecule has 1 N–H and O–H groups in total. The Labute approximate surface area is 152 Å². The number of benzene rings is 1. The van der Waals surface area contributed by atoms with Crippen LogP contribution in [0.25, 0.3) is 20.8 Å². The average molecular weight is 388 g/mol. The van der Waals surface area contributed by atoms with Gasteiger partial charge in [0.15, 0.2) is 5.13 Å². The molecule has 0 aliphatic heterocycles. The van der Waals surface area contributed by atoms with Crippen LogP contribution in [0.4, 0.5) is 10.8 Å². The third kappa shape index (κ3) is 3.14. The maximum Gasteiger partial charge on any atom is 0.280 e. The number of nitrogens with one attached hydrogen (secondary N) is 1. The van der Waals surface area contributed by atoms with Crippen LogP contribution in [0, 0.1) is 10.1 Å². The number of anilines is 1. The molecule has 4 rings (SSSR count).